The summed E-state index contributed by atoms with van der Waals surface area (Å²) in [5, 5.41) is 3.59. The van der Waals surface area contributed by atoms with Crippen LogP contribution >= 0.6 is 0 Å². The monoisotopic (exact) mass is 586 g/mol. The summed E-state index contributed by atoms with van der Waals surface area (Å²) in [6, 6.07) is 12.7. The third-order valence-electron chi connectivity index (χ3n) is 9.46. The average Bonchev–Trinajstić information content (AvgIpc) is 3.43. The fourth-order valence-electron chi connectivity index (χ4n) is 7.07. The van der Waals surface area contributed by atoms with Crippen molar-refractivity contribution in [3.05, 3.63) is 95.1 Å². The van der Waals surface area contributed by atoms with E-state index in [1.807, 2.05) is 24.3 Å². The molecule has 0 N–H and O–H groups in total. The van der Waals surface area contributed by atoms with Crippen LogP contribution in [0.25, 0.3) is 32.7 Å². The van der Waals surface area contributed by atoms with Crippen molar-refractivity contribution < 1.29 is 28.7 Å². The number of cyclic esters (lactones) is 4. The topological polar surface area (TPSA) is 86.7 Å². The number of carbonyl (C=O) groups is 4. The molecule has 0 spiro atoms. The largest absolute Gasteiger partial charge is 0.392 e. The van der Waals surface area contributed by atoms with Crippen LogP contribution in [0, 0.1) is 23.7 Å². The highest BCUT2D eigenvalue weighted by molar-refractivity contribution is 6.21. The van der Waals surface area contributed by atoms with E-state index >= 15 is 0 Å². The van der Waals surface area contributed by atoms with Gasteiger partial charge in [-0.05, 0) is 77.9 Å². The van der Waals surface area contributed by atoms with Gasteiger partial charge in [-0.2, -0.15) is 0 Å². The fraction of sp³-hybridized carbons (Fsp3) is 0.316. The van der Waals surface area contributed by atoms with E-state index in [0.29, 0.717) is 0 Å². The summed E-state index contributed by atoms with van der Waals surface area (Å²) in [5.74, 6) is -5.04. The highest BCUT2D eigenvalue weighted by atomic mass is 16.6. The first-order valence-electron chi connectivity index (χ1n) is 15.1. The molecule has 3 aromatic rings. The Kier molecular flexibility index (Phi) is 6.06. The number of ether oxygens (including phenoxy) is 2. The van der Waals surface area contributed by atoms with Crippen molar-refractivity contribution in [2.75, 3.05) is 0 Å². The molecule has 4 atom stereocenters. The van der Waals surface area contributed by atoms with Gasteiger partial charge < -0.3 is 9.47 Å². The lowest BCUT2D eigenvalue weighted by atomic mass is 9.72. The Hall–Kier alpha value is -4.58. The third-order valence-corrected chi connectivity index (χ3v) is 9.46. The van der Waals surface area contributed by atoms with Gasteiger partial charge in [0, 0.05) is 0 Å². The number of carbonyl (C=O) groups excluding carboxylic acids is 4. The fourth-order valence-corrected chi connectivity index (χ4v) is 7.07. The highest BCUT2D eigenvalue weighted by Gasteiger charge is 2.48. The smallest absolute Gasteiger partial charge is 0.322 e. The molecule has 0 aromatic heterocycles. The maximum absolute atomic E-state index is 13.2. The lowest BCUT2D eigenvalue weighted by Gasteiger charge is -2.29. The summed E-state index contributed by atoms with van der Waals surface area (Å²) in [6.07, 6.45) is 11.0. The maximum atomic E-state index is 13.2. The van der Waals surface area contributed by atoms with E-state index in [1.54, 1.807) is 12.2 Å². The predicted octanol–water partition coefficient (Wildman–Crippen LogP) is 7.13. The lowest BCUT2D eigenvalue weighted by Crippen LogP contribution is -2.22. The molecule has 6 nitrogen and oxygen atoms in total. The Morgan fingerprint density at radius 1 is 0.523 bits per heavy atom. The van der Waals surface area contributed by atoms with Gasteiger partial charge in [-0.1, -0.05) is 102 Å². The normalized spacial score (nSPS) is 24.8. The van der Waals surface area contributed by atoms with Crippen molar-refractivity contribution in [3.63, 3.8) is 0 Å². The molecule has 6 heteroatoms. The van der Waals surface area contributed by atoms with Crippen LogP contribution in [0.4, 0.5) is 0 Å². The van der Waals surface area contributed by atoms with Crippen molar-refractivity contribution in [2.45, 2.75) is 52.4 Å². The quantitative estimate of drug-likeness (QED) is 0.180. The van der Waals surface area contributed by atoms with E-state index in [2.05, 4.69) is 77.9 Å². The molecule has 222 valence electrons. The average molecular weight is 587 g/mol. The third kappa shape index (κ3) is 4.15. The number of hydrogen-bond acceptors (Lipinski definition) is 6. The Morgan fingerprint density at radius 2 is 0.909 bits per heavy atom. The first-order valence-corrected chi connectivity index (χ1v) is 15.1. The molecule has 0 saturated carbocycles. The van der Waals surface area contributed by atoms with Crippen LogP contribution in [-0.2, 0) is 39.5 Å². The van der Waals surface area contributed by atoms with Gasteiger partial charge in [0.1, 0.15) is 0 Å². The Bertz CT molecular complexity index is 1830. The van der Waals surface area contributed by atoms with Crippen LogP contribution in [0.2, 0.25) is 0 Å². The van der Waals surface area contributed by atoms with E-state index in [4.69, 9.17) is 9.47 Å². The molecule has 2 fully saturated rings. The van der Waals surface area contributed by atoms with Gasteiger partial charge in [0.2, 0.25) is 0 Å². The number of rotatable bonds is 2. The van der Waals surface area contributed by atoms with Crippen molar-refractivity contribution in [1.29, 1.82) is 0 Å². The standard InChI is InChI=1S/C38H34O6/c1-37(2,3)19-13-15-21-27(17-19)29(23-9-7-11-25-31(23)35(41)43-33(25)39)22-16-14-20(38(4,5)6)18-28(22)30(21)24-10-8-12-26-32(24)36(42)44-34(26)40/h7-18,25-26,31-32H,1-6H3. The zero-order valence-electron chi connectivity index (χ0n) is 25.7. The molecule has 2 aliphatic heterocycles. The number of hydrogen-bond donors (Lipinski definition) is 0. The lowest BCUT2D eigenvalue weighted by molar-refractivity contribution is -0.154. The molecule has 7 rings (SSSR count). The zero-order chi connectivity index (χ0) is 31.3. The summed E-state index contributed by atoms with van der Waals surface area (Å²) in [6.45, 7) is 12.9. The van der Waals surface area contributed by atoms with Gasteiger partial charge in [-0.15, -0.1) is 0 Å². The van der Waals surface area contributed by atoms with Crippen molar-refractivity contribution in [1.82, 2.24) is 0 Å². The van der Waals surface area contributed by atoms with Gasteiger partial charge in [0.15, 0.2) is 0 Å². The Morgan fingerprint density at radius 3 is 1.27 bits per heavy atom. The molecular weight excluding hydrogens is 552 g/mol. The van der Waals surface area contributed by atoms with Crippen LogP contribution < -0.4 is 0 Å². The summed E-state index contributed by atoms with van der Waals surface area (Å²) in [4.78, 5) is 51.7. The van der Waals surface area contributed by atoms with Gasteiger partial charge >= 0.3 is 23.9 Å². The summed E-state index contributed by atoms with van der Waals surface area (Å²) in [5.41, 5.74) is 5.04. The number of fused-ring (bicyclic) bond motifs is 4. The summed E-state index contributed by atoms with van der Waals surface area (Å²) in [7, 11) is 0. The summed E-state index contributed by atoms with van der Waals surface area (Å²) < 4.78 is 10.3. The van der Waals surface area contributed by atoms with Crippen molar-refractivity contribution >= 4 is 56.6 Å². The second kappa shape index (κ2) is 9.46. The maximum Gasteiger partial charge on any atom is 0.322 e. The second-order valence-corrected chi connectivity index (χ2v) is 14.3. The molecule has 44 heavy (non-hydrogen) atoms. The van der Waals surface area contributed by atoms with Crippen LogP contribution in [0.1, 0.15) is 63.8 Å². The highest BCUT2D eigenvalue weighted by Crippen LogP contribution is 2.50. The molecule has 0 radical (unpaired) electrons. The van der Waals surface area contributed by atoms with E-state index in [0.717, 1.165) is 54.9 Å². The predicted molar refractivity (Wildman–Crippen MR) is 169 cm³/mol. The minimum Gasteiger partial charge on any atom is -0.392 e. The van der Waals surface area contributed by atoms with Crippen LogP contribution in [-0.4, -0.2) is 23.9 Å². The minimum absolute atomic E-state index is 0.179. The first-order chi connectivity index (χ1) is 20.8. The molecule has 2 saturated heterocycles. The van der Waals surface area contributed by atoms with Gasteiger partial charge in [-0.3, -0.25) is 19.2 Å². The van der Waals surface area contributed by atoms with Crippen LogP contribution in [0.5, 0.6) is 0 Å². The molecule has 2 aliphatic carbocycles. The van der Waals surface area contributed by atoms with Crippen LogP contribution in [0.15, 0.2) is 72.9 Å². The summed E-state index contributed by atoms with van der Waals surface area (Å²) >= 11 is 0. The number of esters is 4. The van der Waals surface area contributed by atoms with E-state index in [9.17, 15) is 19.2 Å². The Balaban J connectivity index is 1.64. The van der Waals surface area contributed by atoms with Gasteiger partial charge in [0.05, 0.1) is 23.7 Å². The van der Waals surface area contributed by atoms with Crippen molar-refractivity contribution in [2.24, 2.45) is 23.7 Å². The molecule has 4 aliphatic rings. The second-order valence-electron chi connectivity index (χ2n) is 14.3. The van der Waals surface area contributed by atoms with E-state index in [-0.39, 0.29) is 10.8 Å². The van der Waals surface area contributed by atoms with Gasteiger partial charge in [-0.25, -0.2) is 0 Å². The number of benzene rings is 3. The first kappa shape index (κ1) is 28.2. The minimum atomic E-state index is -0.756. The molecule has 3 aromatic carbocycles. The van der Waals surface area contributed by atoms with E-state index in [1.165, 1.54) is 0 Å². The SMILES string of the molecule is CC(C)(C)c1ccc2c(C3=CC=CC4C(=O)OC(=O)C34)c3cc(C(C)(C)C)ccc3c(C3=CC=CC4C(=O)OC(=O)C34)c2c1. The Labute approximate surface area is 256 Å². The molecular formula is C38H34O6. The van der Waals surface area contributed by atoms with Gasteiger partial charge in [0.25, 0.3) is 0 Å². The molecule has 2 heterocycles. The van der Waals surface area contributed by atoms with Crippen molar-refractivity contribution in [3.8, 4) is 0 Å². The molecule has 0 bridgehead atoms. The van der Waals surface area contributed by atoms with E-state index < -0.39 is 47.5 Å². The molecule has 0 amide bonds. The van der Waals surface area contributed by atoms with Crippen LogP contribution in [0.3, 0.4) is 0 Å². The zero-order valence-corrected chi connectivity index (χ0v) is 25.7. The number of allylic oxidation sites excluding steroid dienone is 4. The molecule has 4 unspecified atom stereocenters.